The van der Waals surface area contributed by atoms with Crippen molar-refractivity contribution in [2.75, 3.05) is 16.9 Å². The predicted octanol–water partition coefficient (Wildman–Crippen LogP) is 6.83. The smallest absolute Gasteiger partial charge is 0.241 e. The van der Waals surface area contributed by atoms with Gasteiger partial charge in [0.2, 0.25) is 23.6 Å². The number of ether oxygens (including phenoxy) is 1. The van der Waals surface area contributed by atoms with E-state index >= 15 is 0 Å². The summed E-state index contributed by atoms with van der Waals surface area (Å²) in [5, 5.41) is 10.4. The molecule has 3 fully saturated rings. The van der Waals surface area contributed by atoms with Crippen LogP contribution in [0.3, 0.4) is 0 Å². The molecular formula is C36H29Cl2FN2O6. The number of imide groups is 2. The summed E-state index contributed by atoms with van der Waals surface area (Å²) in [6, 6.07) is 15.0. The average molecular weight is 676 g/mol. The topological polar surface area (TPSA) is 104 Å². The molecule has 2 aliphatic carbocycles. The van der Waals surface area contributed by atoms with E-state index in [1.54, 1.807) is 49.4 Å². The Labute approximate surface area is 280 Å². The van der Waals surface area contributed by atoms with E-state index in [-0.39, 0.29) is 40.4 Å². The third kappa shape index (κ3) is 4.70. The number of halogens is 3. The van der Waals surface area contributed by atoms with Crippen LogP contribution in [0.25, 0.3) is 6.08 Å². The van der Waals surface area contributed by atoms with E-state index in [1.165, 1.54) is 30.2 Å². The fourth-order valence-corrected chi connectivity index (χ4v) is 8.24. The number of aromatic hydroxyl groups is 1. The number of nitrogens with zero attached hydrogens (tertiary/aromatic N) is 2. The Kier molecular flexibility index (Phi) is 7.52. The summed E-state index contributed by atoms with van der Waals surface area (Å²) in [5.74, 6) is -5.41. The van der Waals surface area contributed by atoms with Crippen LogP contribution < -0.4 is 14.5 Å². The summed E-state index contributed by atoms with van der Waals surface area (Å²) < 4.78 is 19.4. The monoisotopic (exact) mass is 674 g/mol. The maximum absolute atomic E-state index is 14.4. The van der Waals surface area contributed by atoms with Crippen molar-refractivity contribution in [2.24, 2.45) is 35.0 Å². The van der Waals surface area contributed by atoms with E-state index in [9.17, 15) is 28.7 Å². The second kappa shape index (κ2) is 11.3. The Morgan fingerprint density at radius 3 is 2.34 bits per heavy atom. The molecule has 2 heterocycles. The van der Waals surface area contributed by atoms with Gasteiger partial charge in [-0.25, -0.2) is 9.29 Å². The van der Waals surface area contributed by atoms with Crippen molar-refractivity contribution in [3.8, 4) is 11.5 Å². The molecule has 4 aliphatic rings. The number of anilines is 2. The molecule has 1 N–H and O–H groups in total. The van der Waals surface area contributed by atoms with Gasteiger partial charge in [-0.05, 0) is 85.8 Å². The number of phenols is 1. The van der Waals surface area contributed by atoms with Crippen molar-refractivity contribution in [3.63, 3.8) is 0 Å². The minimum atomic E-state index is -1.27. The fraction of sp³-hybridized carbons (Fsp3) is 0.278. The number of rotatable bonds is 5. The van der Waals surface area contributed by atoms with Crippen LogP contribution in [0.15, 0.2) is 78.4 Å². The zero-order valence-corrected chi connectivity index (χ0v) is 26.8. The summed E-state index contributed by atoms with van der Waals surface area (Å²) in [6.07, 6.45) is 6.06. The SMILES string of the molecule is COc1cc(C=CC2C3=CCC4C(=O)N(c5ccc(Cl)cc5)C(=O)C4C3CC3C(=O)N(c4ccc(F)c(Cl)c4)C(=O)C23C)ccc1O. The number of hydrogen-bond donors (Lipinski definition) is 1. The van der Waals surface area contributed by atoms with Crippen molar-refractivity contribution in [3.05, 3.63) is 99.8 Å². The Bertz CT molecular complexity index is 1930. The molecule has 0 spiro atoms. The highest BCUT2D eigenvalue weighted by Crippen LogP contribution is 2.61. The van der Waals surface area contributed by atoms with Gasteiger partial charge in [0.15, 0.2) is 11.5 Å². The number of allylic oxidation sites excluding steroid dienone is 3. The Balaban J connectivity index is 1.33. The third-order valence-corrected chi connectivity index (χ3v) is 10.8. The quantitative estimate of drug-likeness (QED) is 0.235. The second-order valence-corrected chi connectivity index (χ2v) is 13.4. The molecule has 3 aromatic rings. The average Bonchev–Trinajstić information content (AvgIpc) is 3.42. The fourth-order valence-electron chi connectivity index (χ4n) is 7.94. The number of carbonyl (C=O) groups is 4. The molecular weight excluding hydrogens is 646 g/mol. The third-order valence-electron chi connectivity index (χ3n) is 10.3. The van der Waals surface area contributed by atoms with Gasteiger partial charge in [-0.3, -0.25) is 24.1 Å². The zero-order chi connectivity index (χ0) is 33.4. The Morgan fingerprint density at radius 2 is 1.64 bits per heavy atom. The van der Waals surface area contributed by atoms with Crippen LogP contribution in [0.4, 0.5) is 15.8 Å². The summed E-state index contributed by atoms with van der Waals surface area (Å²) in [7, 11) is 1.44. The number of fused-ring (bicyclic) bond motifs is 4. The summed E-state index contributed by atoms with van der Waals surface area (Å²) in [4.78, 5) is 58.8. The van der Waals surface area contributed by atoms with Crippen LogP contribution in [0.1, 0.15) is 25.3 Å². The molecule has 2 saturated heterocycles. The molecule has 2 aliphatic heterocycles. The highest BCUT2D eigenvalue weighted by atomic mass is 35.5. The zero-order valence-electron chi connectivity index (χ0n) is 25.3. The van der Waals surface area contributed by atoms with Gasteiger partial charge >= 0.3 is 0 Å². The molecule has 6 unspecified atom stereocenters. The van der Waals surface area contributed by atoms with E-state index in [1.807, 2.05) is 12.2 Å². The number of carbonyl (C=O) groups excluding carboxylic acids is 4. The Hall–Kier alpha value is -4.47. The van der Waals surface area contributed by atoms with Gasteiger partial charge in [0, 0.05) is 10.9 Å². The van der Waals surface area contributed by atoms with E-state index in [2.05, 4.69) is 0 Å². The lowest BCUT2D eigenvalue weighted by Crippen LogP contribution is -2.49. The standard InChI is InChI=1S/C36H29Cl2FN2O6/c1-36-25(12-3-18-4-14-29(42)30(15-18)47-2)22-10-11-23-31(34(45)40(32(23)43)20-7-5-19(37)6-8-20)24(22)17-26(36)33(44)41(35(36)46)21-9-13-28(39)27(38)16-21/h3-10,12-16,23-26,31,42H,11,17H2,1-2H3. The van der Waals surface area contributed by atoms with Gasteiger partial charge in [0.1, 0.15) is 5.82 Å². The number of phenolic OH excluding ortho intramolecular Hbond substituents is 1. The molecule has 8 nitrogen and oxygen atoms in total. The molecule has 240 valence electrons. The highest BCUT2D eigenvalue weighted by molar-refractivity contribution is 6.32. The molecule has 1 saturated carbocycles. The minimum absolute atomic E-state index is 0.0322. The van der Waals surface area contributed by atoms with Crippen molar-refractivity contribution in [2.45, 2.75) is 19.8 Å². The van der Waals surface area contributed by atoms with Crippen LogP contribution >= 0.6 is 23.2 Å². The van der Waals surface area contributed by atoms with Gasteiger partial charge in [0.05, 0.1) is 46.7 Å². The van der Waals surface area contributed by atoms with Crippen molar-refractivity contribution in [1.29, 1.82) is 0 Å². The van der Waals surface area contributed by atoms with Crippen LogP contribution in [-0.2, 0) is 19.2 Å². The molecule has 7 rings (SSSR count). The normalized spacial score (nSPS) is 28.4. The lowest BCUT2D eigenvalue weighted by atomic mass is 9.52. The molecule has 0 bridgehead atoms. The number of benzene rings is 3. The highest BCUT2D eigenvalue weighted by Gasteiger charge is 2.67. The minimum Gasteiger partial charge on any atom is -0.504 e. The molecule has 6 atom stereocenters. The van der Waals surface area contributed by atoms with Crippen molar-refractivity contribution in [1.82, 2.24) is 0 Å². The first-order chi connectivity index (χ1) is 22.4. The molecule has 3 aromatic carbocycles. The summed E-state index contributed by atoms with van der Waals surface area (Å²) in [5.41, 5.74) is 0.795. The van der Waals surface area contributed by atoms with Gasteiger partial charge in [0.25, 0.3) is 0 Å². The summed E-state index contributed by atoms with van der Waals surface area (Å²) in [6.45, 7) is 1.75. The van der Waals surface area contributed by atoms with E-state index in [0.717, 1.165) is 16.5 Å². The molecule has 0 aromatic heterocycles. The first-order valence-electron chi connectivity index (χ1n) is 15.2. The number of methoxy groups -OCH3 is 1. The van der Waals surface area contributed by atoms with Gasteiger partial charge < -0.3 is 9.84 Å². The first-order valence-corrected chi connectivity index (χ1v) is 15.9. The Morgan fingerprint density at radius 1 is 0.915 bits per heavy atom. The largest absolute Gasteiger partial charge is 0.504 e. The molecule has 4 amide bonds. The molecule has 0 radical (unpaired) electrons. The van der Waals surface area contributed by atoms with Crippen LogP contribution in [0, 0.1) is 40.8 Å². The number of hydrogen-bond acceptors (Lipinski definition) is 6. The first kappa shape index (κ1) is 31.1. The van der Waals surface area contributed by atoms with Crippen LogP contribution in [-0.4, -0.2) is 35.8 Å². The molecule has 47 heavy (non-hydrogen) atoms. The van der Waals surface area contributed by atoms with Gasteiger partial charge in [-0.2, -0.15) is 0 Å². The van der Waals surface area contributed by atoms with Crippen molar-refractivity contribution < 1.29 is 33.4 Å². The lowest BCUT2D eigenvalue weighted by Gasteiger charge is -2.47. The summed E-state index contributed by atoms with van der Waals surface area (Å²) >= 11 is 12.1. The maximum atomic E-state index is 14.4. The van der Waals surface area contributed by atoms with E-state index in [4.69, 9.17) is 27.9 Å². The van der Waals surface area contributed by atoms with Crippen LogP contribution in [0.5, 0.6) is 11.5 Å². The van der Waals surface area contributed by atoms with Crippen molar-refractivity contribution >= 4 is 64.3 Å². The lowest BCUT2D eigenvalue weighted by molar-refractivity contribution is -0.132. The van der Waals surface area contributed by atoms with Gasteiger partial charge in [-0.1, -0.05) is 53.1 Å². The maximum Gasteiger partial charge on any atom is 0.241 e. The number of amides is 4. The van der Waals surface area contributed by atoms with Crippen LogP contribution in [0.2, 0.25) is 10.0 Å². The second-order valence-electron chi connectivity index (χ2n) is 12.6. The van der Waals surface area contributed by atoms with E-state index < -0.39 is 52.6 Å². The predicted molar refractivity (Wildman–Crippen MR) is 174 cm³/mol. The van der Waals surface area contributed by atoms with Gasteiger partial charge in [-0.15, -0.1) is 0 Å². The molecule has 11 heteroatoms. The van der Waals surface area contributed by atoms with E-state index in [0.29, 0.717) is 22.7 Å².